The Morgan fingerprint density at radius 3 is 2.88 bits per heavy atom. The summed E-state index contributed by atoms with van der Waals surface area (Å²) in [4.78, 5) is 2.55. The molecule has 3 heteroatoms. The molecule has 0 aromatic heterocycles. The van der Waals surface area contributed by atoms with E-state index in [1.165, 1.54) is 38.8 Å². The molecule has 2 heterocycles. The van der Waals surface area contributed by atoms with E-state index in [-0.39, 0.29) is 0 Å². The summed E-state index contributed by atoms with van der Waals surface area (Å²) >= 11 is 0. The molecule has 0 aromatic rings. The summed E-state index contributed by atoms with van der Waals surface area (Å²) in [7, 11) is 0. The molecule has 2 saturated heterocycles. The monoisotopic (exact) mass is 226 g/mol. The number of likely N-dealkylation sites (N-methyl/N-ethyl adjacent to an activating group) is 1. The molecule has 2 aliphatic rings. The van der Waals surface area contributed by atoms with Crippen LogP contribution in [-0.4, -0.2) is 49.3 Å². The third-order valence-electron chi connectivity index (χ3n) is 3.96. The van der Waals surface area contributed by atoms with Gasteiger partial charge in [0, 0.05) is 25.2 Å². The zero-order valence-corrected chi connectivity index (χ0v) is 10.8. The van der Waals surface area contributed by atoms with Crippen LogP contribution in [0.1, 0.15) is 39.5 Å². The lowest BCUT2D eigenvalue weighted by molar-refractivity contribution is 0.0663. The Morgan fingerprint density at radius 2 is 2.31 bits per heavy atom. The second-order valence-electron chi connectivity index (χ2n) is 5.55. The van der Waals surface area contributed by atoms with Crippen LogP contribution in [0, 0.1) is 0 Å². The van der Waals surface area contributed by atoms with Crippen LogP contribution in [0.25, 0.3) is 0 Å². The lowest BCUT2D eigenvalue weighted by Gasteiger charge is -2.33. The first-order chi connectivity index (χ1) is 7.72. The minimum absolute atomic E-state index is 0.342. The van der Waals surface area contributed by atoms with Crippen LogP contribution in [0.2, 0.25) is 0 Å². The third kappa shape index (κ3) is 3.19. The van der Waals surface area contributed by atoms with Gasteiger partial charge in [0.1, 0.15) is 0 Å². The van der Waals surface area contributed by atoms with Gasteiger partial charge in [0.15, 0.2) is 0 Å². The second kappa shape index (κ2) is 5.48. The summed E-state index contributed by atoms with van der Waals surface area (Å²) in [6.07, 6.45) is 5.63. The van der Waals surface area contributed by atoms with Crippen molar-refractivity contribution in [3.8, 4) is 0 Å². The molecule has 2 fully saturated rings. The summed E-state index contributed by atoms with van der Waals surface area (Å²) in [5.74, 6) is 0. The van der Waals surface area contributed by atoms with E-state index in [0.29, 0.717) is 11.6 Å². The van der Waals surface area contributed by atoms with Crippen LogP contribution in [-0.2, 0) is 4.74 Å². The normalized spacial score (nSPS) is 35.1. The molecular weight excluding hydrogens is 200 g/mol. The summed E-state index contributed by atoms with van der Waals surface area (Å²) in [5.41, 5.74) is 0.342. The van der Waals surface area contributed by atoms with E-state index in [9.17, 15) is 0 Å². The van der Waals surface area contributed by atoms with E-state index in [1.807, 2.05) is 0 Å². The van der Waals surface area contributed by atoms with Crippen LogP contribution in [0.15, 0.2) is 0 Å². The van der Waals surface area contributed by atoms with E-state index in [4.69, 9.17) is 4.74 Å². The van der Waals surface area contributed by atoms with Crippen LogP contribution in [0.4, 0.5) is 0 Å². The highest BCUT2D eigenvalue weighted by Crippen LogP contribution is 2.21. The first-order valence-corrected chi connectivity index (χ1v) is 6.81. The zero-order valence-electron chi connectivity index (χ0n) is 10.8. The minimum Gasteiger partial charge on any atom is -0.377 e. The second-order valence-corrected chi connectivity index (χ2v) is 5.55. The molecule has 2 rings (SSSR count). The largest absolute Gasteiger partial charge is 0.377 e. The van der Waals surface area contributed by atoms with E-state index in [1.54, 1.807) is 0 Å². The average Bonchev–Trinajstić information content (AvgIpc) is 2.89. The van der Waals surface area contributed by atoms with Gasteiger partial charge in [-0.2, -0.15) is 0 Å². The van der Waals surface area contributed by atoms with Crippen molar-refractivity contribution in [3.05, 3.63) is 0 Å². The van der Waals surface area contributed by atoms with Crippen molar-refractivity contribution in [2.75, 3.05) is 32.8 Å². The van der Waals surface area contributed by atoms with Gasteiger partial charge in [-0.3, -0.25) is 4.90 Å². The Hall–Kier alpha value is -0.120. The van der Waals surface area contributed by atoms with Gasteiger partial charge in [-0.05, 0) is 45.7 Å². The number of nitrogens with zero attached hydrogens (tertiary/aromatic N) is 1. The van der Waals surface area contributed by atoms with E-state index >= 15 is 0 Å². The van der Waals surface area contributed by atoms with Crippen molar-refractivity contribution in [1.29, 1.82) is 0 Å². The van der Waals surface area contributed by atoms with Crippen LogP contribution in [0.5, 0.6) is 0 Å². The number of nitrogens with one attached hydrogen (secondary N) is 1. The van der Waals surface area contributed by atoms with Gasteiger partial charge in [0.2, 0.25) is 0 Å². The van der Waals surface area contributed by atoms with Gasteiger partial charge in [0.25, 0.3) is 0 Å². The SMILES string of the molecule is CCN(CC1CCCO1)CC1(C)CCCN1. The molecule has 3 nitrogen and oxygen atoms in total. The fraction of sp³-hybridized carbons (Fsp3) is 1.00. The number of ether oxygens (including phenoxy) is 1. The van der Waals surface area contributed by atoms with Crippen molar-refractivity contribution in [3.63, 3.8) is 0 Å². The van der Waals surface area contributed by atoms with Crippen molar-refractivity contribution >= 4 is 0 Å². The molecule has 0 aliphatic carbocycles. The van der Waals surface area contributed by atoms with Crippen molar-refractivity contribution in [2.24, 2.45) is 0 Å². The average molecular weight is 226 g/mol. The summed E-state index contributed by atoms with van der Waals surface area (Å²) in [5, 5.41) is 3.64. The predicted octanol–water partition coefficient (Wildman–Crippen LogP) is 1.63. The zero-order chi connectivity index (χ0) is 11.4. The number of hydrogen-bond donors (Lipinski definition) is 1. The van der Waals surface area contributed by atoms with E-state index < -0.39 is 0 Å². The molecule has 0 aromatic carbocycles. The predicted molar refractivity (Wildman–Crippen MR) is 66.7 cm³/mol. The van der Waals surface area contributed by atoms with Gasteiger partial charge in [0.05, 0.1) is 6.10 Å². The molecular formula is C13H26N2O. The quantitative estimate of drug-likeness (QED) is 0.771. The molecule has 2 aliphatic heterocycles. The Morgan fingerprint density at radius 1 is 1.44 bits per heavy atom. The Kier molecular flexibility index (Phi) is 4.22. The van der Waals surface area contributed by atoms with Gasteiger partial charge < -0.3 is 10.1 Å². The Balaban J connectivity index is 1.79. The molecule has 2 unspecified atom stereocenters. The molecule has 2 atom stereocenters. The molecule has 16 heavy (non-hydrogen) atoms. The smallest absolute Gasteiger partial charge is 0.0702 e. The highest BCUT2D eigenvalue weighted by Gasteiger charge is 2.30. The standard InChI is InChI=1S/C13H26N2O/c1-3-15(10-12-6-4-9-16-12)11-13(2)7-5-8-14-13/h12,14H,3-11H2,1-2H3. The molecule has 0 amide bonds. The number of rotatable bonds is 5. The maximum Gasteiger partial charge on any atom is 0.0702 e. The fourth-order valence-corrected chi connectivity index (χ4v) is 2.97. The first-order valence-electron chi connectivity index (χ1n) is 6.81. The van der Waals surface area contributed by atoms with Crippen molar-refractivity contribution < 1.29 is 4.74 Å². The lowest BCUT2D eigenvalue weighted by Crippen LogP contribution is -2.49. The topological polar surface area (TPSA) is 24.5 Å². The number of hydrogen-bond acceptors (Lipinski definition) is 3. The summed E-state index contributed by atoms with van der Waals surface area (Å²) in [6, 6.07) is 0. The van der Waals surface area contributed by atoms with Gasteiger partial charge >= 0.3 is 0 Å². The highest BCUT2D eigenvalue weighted by atomic mass is 16.5. The maximum absolute atomic E-state index is 5.72. The highest BCUT2D eigenvalue weighted by molar-refractivity contribution is 4.91. The first kappa shape index (κ1) is 12.3. The third-order valence-corrected chi connectivity index (χ3v) is 3.96. The van der Waals surface area contributed by atoms with Gasteiger partial charge in [-0.15, -0.1) is 0 Å². The summed E-state index contributed by atoms with van der Waals surface area (Å²) < 4.78 is 5.72. The lowest BCUT2D eigenvalue weighted by atomic mass is 9.99. The van der Waals surface area contributed by atoms with Crippen LogP contribution >= 0.6 is 0 Å². The van der Waals surface area contributed by atoms with Gasteiger partial charge in [-0.25, -0.2) is 0 Å². The molecule has 0 bridgehead atoms. The molecule has 1 N–H and O–H groups in total. The fourth-order valence-electron chi connectivity index (χ4n) is 2.97. The molecule has 0 radical (unpaired) electrons. The van der Waals surface area contributed by atoms with E-state index in [0.717, 1.165) is 19.7 Å². The minimum atomic E-state index is 0.342. The maximum atomic E-state index is 5.72. The van der Waals surface area contributed by atoms with Gasteiger partial charge in [-0.1, -0.05) is 6.92 Å². The Labute approximate surface area is 99.5 Å². The van der Waals surface area contributed by atoms with Crippen molar-refractivity contribution in [1.82, 2.24) is 10.2 Å². The van der Waals surface area contributed by atoms with Crippen molar-refractivity contribution in [2.45, 2.75) is 51.2 Å². The van der Waals surface area contributed by atoms with Crippen LogP contribution in [0.3, 0.4) is 0 Å². The molecule has 94 valence electrons. The van der Waals surface area contributed by atoms with Crippen LogP contribution < -0.4 is 5.32 Å². The summed E-state index contributed by atoms with van der Waals surface area (Å²) in [6.45, 7) is 10.2. The Bertz CT molecular complexity index is 208. The van der Waals surface area contributed by atoms with E-state index in [2.05, 4.69) is 24.1 Å². The molecule has 0 saturated carbocycles. The molecule has 0 spiro atoms.